The van der Waals surface area contributed by atoms with Crippen LogP contribution in [-0.2, 0) is 13.1 Å². The lowest BCUT2D eigenvalue weighted by atomic mass is 10.2. The summed E-state index contributed by atoms with van der Waals surface area (Å²) in [5, 5.41) is 4.98. The second-order valence-corrected chi connectivity index (χ2v) is 5.33. The highest BCUT2D eigenvalue weighted by molar-refractivity contribution is 6.40. The molecule has 1 aromatic heterocycles. The molecular formula is C13H16Cl5N3. The van der Waals surface area contributed by atoms with Gasteiger partial charge >= 0.3 is 0 Å². The highest BCUT2D eigenvalue weighted by atomic mass is 35.5. The van der Waals surface area contributed by atoms with Gasteiger partial charge in [0.15, 0.2) is 5.15 Å². The summed E-state index contributed by atoms with van der Waals surface area (Å²) in [6, 6.07) is 7.82. The Morgan fingerprint density at radius 3 is 2.29 bits per heavy atom. The third kappa shape index (κ3) is 6.64. The lowest BCUT2D eigenvalue weighted by molar-refractivity contribution is 0.581. The highest BCUT2D eigenvalue weighted by Crippen LogP contribution is 2.19. The van der Waals surface area contributed by atoms with E-state index in [2.05, 4.69) is 10.3 Å². The van der Waals surface area contributed by atoms with Crippen LogP contribution in [0.1, 0.15) is 12.0 Å². The van der Waals surface area contributed by atoms with Crippen LogP contribution < -0.4 is 5.32 Å². The summed E-state index contributed by atoms with van der Waals surface area (Å²) in [6.07, 6.45) is 2.61. The van der Waals surface area contributed by atoms with Crippen molar-refractivity contribution in [3.05, 3.63) is 51.5 Å². The van der Waals surface area contributed by atoms with Gasteiger partial charge in [-0.1, -0.05) is 46.9 Å². The maximum Gasteiger partial charge on any atom is 0.166 e. The van der Waals surface area contributed by atoms with Gasteiger partial charge in [0.25, 0.3) is 0 Å². The SMILES string of the molecule is Cl.Cl.Clc1ccc(CNCCCn2cnc(Cl)c2Cl)cc1. The van der Waals surface area contributed by atoms with E-state index in [1.807, 2.05) is 28.8 Å². The van der Waals surface area contributed by atoms with Crippen LogP contribution in [0.25, 0.3) is 0 Å². The molecule has 2 aromatic rings. The van der Waals surface area contributed by atoms with Gasteiger partial charge < -0.3 is 9.88 Å². The van der Waals surface area contributed by atoms with E-state index in [9.17, 15) is 0 Å². The molecule has 0 saturated heterocycles. The molecule has 0 saturated carbocycles. The number of aromatic nitrogens is 2. The molecule has 8 heteroatoms. The van der Waals surface area contributed by atoms with Crippen LogP contribution in [0.4, 0.5) is 0 Å². The molecule has 0 radical (unpaired) electrons. The average Bonchev–Trinajstić information content (AvgIpc) is 2.72. The minimum absolute atomic E-state index is 0. The summed E-state index contributed by atoms with van der Waals surface area (Å²) in [7, 11) is 0. The van der Waals surface area contributed by atoms with Crippen molar-refractivity contribution in [1.82, 2.24) is 14.9 Å². The second-order valence-electron chi connectivity index (χ2n) is 4.18. The predicted molar refractivity (Wildman–Crippen MR) is 94.5 cm³/mol. The fourth-order valence-electron chi connectivity index (χ4n) is 1.71. The van der Waals surface area contributed by atoms with Gasteiger partial charge in [0, 0.05) is 18.1 Å². The fourth-order valence-corrected chi connectivity index (χ4v) is 2.16. The number of benzene rings is 1. The molecule has 118 valence electrons. The minimum Gasteiger partial charge on any atom is -0.320 e. The molecule has 0 aliphatic heterocycles. The number of hydrogen-bond donors (Lipinski definition) is 1. The summed E-state index contributed by atoms with van der Waals surface area (Å²) in [4.78, 5) is 3.93. The van der Waals surface area contributed by atoms with Crippen molar-refractivity contribution in [3.8, 4) is 0 Å². The summed E-state index contributed by atoms with van der Waals surface area (Å²) >= 11 is 17.6. The molecule has 0 fully saturated rings. The number of rotatable bonds is 6. The first-order valence-corrected chi connectivity index (χ1v) is 7.11. The standard InChI is InChI=1S/C13H14Cl3N3.2ClH/c14-11-4-2-10(3-5-11)8-17-6-1-7-19-9-18-12(15)13(19)16;;/h2-5,9,17H,1,6-8H2;2*1H. The Kier molecular flexibility index (Phi) is 10.5. The van der Waals surface area contributed by atoms with Gasteiger partial charge in [-0.25, -0.2) is 4.98 Å². The molecule has 1 N–H and O–H groups in total. The Morgan fingerprint density at radius 1 is 1.05 bits per heavy atom. The van der Waals surface area contributed by atoms with Gasteiger partial charge in [-0.2, -0.15) is 0 Å². The number of hydrogen-bond acceptors (Lipinski definition) is 2. The molecule has 3 nitrogen and oxygen atoms in total. The van der Waals surface area contributed by atoms with Gasteiger partial charge in [-0.05, 0) is 30.7 Å². The zero-order valence-corrected chi connectivity index (χ0v) is 15.0. The Labute approximate surface area is 151 Å². The molecule has 21 heavy (non-hydrogen) atoms. The molecule has 0 aliphatic carbocycles. The monoisotopic (exact) mass is 389 g/mol. The fraction of sp³-hybridized carbons (Fsp3) is 0.308. The summed E-state index contributed by atoms with van der Waals surface area (Å²) in [5.74, 6) is 0. The summed E-state index contributed by atoms with van der Waals surface area (Å²) in [5.41, 5.74) is 1.22. The van der Waals surface area contributed by atoms with E-state index < -0.39 is 0 Å². The van der Waals surface area contributed by atoms with E-state index in [0.717, 1.165) is 31.1 Å². The third-order valence-corrected chi connectivity index (χ3v) is 3.75. The van der Waals surface area contributed by atoms with Crippen molar-refractivity contribution < 1.29 is 0 Å². The average molecular weight is 392 g/mol. The summed E-state index contributed by atoms with van der Waals surface area (Å²) < 4.78 is 1.84. The van der Waals surface area contributed by atoms with E-state index in [1.54, 1.807) is 6.33 Å². The van der Waals surface area contributed by atoms with Crippen molar-refractivity contribution >= 4 is 59.6 Å². The number of nitrogens with one attached hydrogen (secondary N) is 1. The van der Waals surface area contributed by atoms with Crippen LogP contribution in [0.15, 0.2) is 30.6 Å². The first kappa shape index (κ1) is 20.8. The quantitative estimate of drug-likeness (QED) is 0.712. The minimum atomic E-state index is 0. The molecule has 0 bridgehead atoms. The number of nitrogens with zero attached hydrogens (tertiary/aromatic N) is 2. The molecule has 2 rings (SSSR count). The molecular weight excluding hydrogens is 375 g/mol. The van der Waals surface area contributed by atoms with Crippen LogP contribution in [0.2, 0.25) is 15.3 Å². The lowest BCUT2D eigenvalue weighted by Crippen LogP contribution is -2.16. The zero-order valence-electron chi connectivity index (χ0n) is 11.1. The van der Waals surface area contributed by atoms with Gasteiger partial charge in [-0.3, -0.25) is 0 Å². The molecule has 0 atom stereocenters. The molecule has 0 amide bonds. The molecule has 0 spiro atoms. The van der Waals surface area contributed by atoms with E-state index in [-0.39, 0.29) is 24.8 Å². The number of aryl methyl sites for hydroxylation is 1. The van der Waals surface area contributed by atoms with Crippen LogP contribution in [0, 0.1) is 0 Å². The van der Waals surface area contributed by atoms with Gasteiger partial charge in [-0.15, -0.1) is 24.8 Å². The molecule has 0 unspecified atom stereocenters. The van der Waals surface area contributed by atoms with Crippen molar-refractivity contribution in [3.63, 3.8) is 0 Å². The Bertz CT molecular complexity index is 527. The normalized spacial score (nSPS) is 9.86. The summed E-state index contributed by atoms with van der Waals surface area (Å²) in [6.45, 7) is 2.52. The van der Waals surface area contributed by atoms with E-state index in [0.29, 0.717) is 10.3 Å². The third-order valence-electron chi connectivity index (χ3n) is 2.73. The predicted octanol–water partition coefficient (Wildman–Crippen LogP) is 4.87. The Morgan fingerprint density at radius 2 is 1.71 bits per heavy atom. The first-order chi connectivity index (χ1) is 9.16. The van der Waals surface area contributed by atoms with E-state index >= 15 is 0 Å². The van der Waals surface area contributed by atoms with Crippen molar-refractivity contribution in [2.45, 2.75) is 19.5 Å². The van der Waals surface area contributed by atoms with Crippen LogP contribution in [0.3, 0.4) is 0 Å². The highest BCUT2D eigenvalue weighted by Gasteiger charge is 2.04. The number of halogens is 5. The van der Waals surface area contributed by atoms with Gasteiger partial charge in [0.2, 0.25) is 0 Å². The maximum absolute atomic E-state index is 5.97. The van der Waals surface area contributed by atoms with Gasteiger partial charge in [0.1, 0.15) is 5.15 Å². The van der Waals surface area contributed by atoms with Crippen molar-refractivity contribution in [1.29, 1.82) is 0 Å². The van der Waals surface area contributed by atoms with E-state index in [1.165, 1.54) is 5.56 Å². The van der Waals surface area contributed by atoms with Crippen molar-refractivity contribution in [2.24, 2.45) is 0 Å². The largest absolute Gasteiger partial charge is 0.320 e. The second kappa shape index (κ2) is 10.5. The van der Waals surface area contributed by atoms with Gasteiger partial charge in [0.05, 0.1) is 6.33 Å². The number of imidazole rings is 1. The first-order valence-electron chi connectivity index (χ1n) is 5.98. The molecule has 0 aliphatic rings. The van der Waals surface area contributed by atoms with Crippen LogP contribution in [0.5, 0.6) is 0 Å². The van der Waals surface area contributed by atoms with Crippen LogP contribution >= 0.6 is 59.6 Å². The Balaban J connectivity index is 0.00000200. The maximum atomic E-state index is 5.97. The van der Waals surface area contributed by atoms with Crippen LogP contribution in [-0.4, -0.2) is 16.1 Å². The van der Waals surface area contributed by atoms with Crippen molar-refractivity contribution in [2.75, 3.05) is 6.54 Å². The lowest BCUT2D eigenvalue weighted by Gasteiger charge is -2.06. The van der Waals surface area contributed by atoms with E-state index in [4.69, 9.17) is 34.8 Å². The zero-order chi connectivity index (χ0) is 13.7. The smallest absolute Gasteiger partial charge is 0.166 e. The molecule has 1 aromatic carbocycles. The topological polar surface area (TPSA) is 29.9 Å². The Hall–Kier alpha value is -0.160. The molecule has 1 heterocycles.